The van der Waals surface area contributed by atoms with Crippen LogP contribution in [0.1, 0.15) is 41.0 Å². The summed E-state index contributed by atoms with van der Waals surface area (Å²) in [6, 6.07) is 29.5. The van der Waals surface area contributed by atoms with Crippen molar-refractivity contribution in [2.75, 3.05) is 5.32 Å². The van der Waals surface area contributed by atoms with Crippen molar-refractivity contribution in [3.63, 3.8) is 0 Å². The van der Waals surface area contributed by atoms with Crippen LogP contribution in [-0.4, -0.2) is 25.3 Å². The number of aryl methyl sites for hydroxylation is 2. The average molecular weight is 522 g/mol. The second kappa shape index (κ2) is 9.88. The van der Waals surface area contributed by atoms with E-state index in [9.17, 15) is 4.79 Å². The molecule has 6 nitrogen and oxygen atoms in total. The summed E-state index contributed by atoms with van der Waals surface area (Å²) < 4.78 is 4.19. The van der Waals surface area contributed by atoms with Crippen molar-refractivity contribution < 1.29 is 4.79 Å². The Bertz CT molecular complexity index is 1610. The van der Waals surface area contributed by atoms with Gasteiger partial charge in [-0.2, -0.15) is 5.10 Å². The molecule has 0 spiro atoms. The molecule has 0 saturated carbocycles. The number of nitrogens with zero attached hydrogens (tertiary/aromatic N) is 4. The summed E-state index contributed by atoms with van der Waals surface area (Å²) in [5, 5.41) is 8.74. The van der Waals surface area contributed by atoms with Gasteiger partial charge in [0.05, 0.1) is 29.7 Å². The van der Waals surface area contributed by atoms with E-state index in [4.69, 9.17) is 16.7 Å². The van der Waals surface area contributed by atoms with Gasteiger partial charge >= 0.3 is 6.03 Å². The molecule has 5 aromatic rings. The minimum atomic E-state index is -0.313. The maximum atomic E-state index is 14.1. The van der Waals surface area contributed by atoms with Gasteiger partial charge < -0.3 is 14.8 Å². The number of rotatable bonds is 4. The van der Waals surface area contributed by atoms with Crippen molar-refractivity contribution in [2.24, 2.45) is 0 Å². The summed E-state index contributed by atoms with van der Waals surface area (Å²) in [6.45, 7) is 4.47. The second-order valence-corrected chi connectivity index (χ2v) is 9.92. The molecule has 3 heterocycles. The number of hydrogen-bond donors (Lipinski definition) is 1. The Labute approximate surface area is 227 Å². The first-order valence-electron chi connectivity index (χ1n) is 12.8. The molecule has 1 atom stereocenters. The molecule has 3 aromatic carbocycles. The van der Waals surface area contributed by atoms with Gasteiger partial charge in [0.1, 0.15) is 5.82 Å². The van der Waals surface area contributed by atoms with Gasteiger partial charge in [-0.3, -0.25) is 0 Å². The zero-order chi connectivity index (χ0) is 26.2. The Balaban J connectivity index is 1.55. The molecule has 0 saturated heterocycles. The number of anilines is 1. The highest BCUT2D eigenvalue weighted by atomic mass is 35.5. The van der Waals surface area contributed by atoms with Crippen LogP contribution < -0.4 is 5.32 Å². The predicted molar refractivity (Wildman–Crippen MR) is 151 cm³/mol. The molecule has 7 heteroatoms. The molecule has 0 radical (unpaired) electrons. The Morgan fingerprint density at radius 1 is 1.00 bits per heavy atom. The Morgan fingerprint density at radius 3 is 2.47 bits per heavy atom. The van der Waals surface area contributed by atoms with Crippen molar-refractivity contribution in [3.05, 3.63) is 130 Å². The number of hydrogen-bond acceptors (Lipinski definition) is 2. The number of urea groups is 1. The second-order valence-electron chi connectivity index (χ2n) is 9.48. The number of carbonyl (C=O) groups excluding carboxylic acids is 1. The van der Waals surface area contributed by atoms with Crippen LogP contribution in [-0.2, 0) is 13.0 Å². The quantitative estimate of drug-likeness (QED) is 0.269. The molecule has 0 aliphatic carbocycles. The number of para-hydroxylation sites is 1. The van der Waals surface area contributed by atoms with E-state index in [0.717, 1.165) is 46.0 Å². The fourth-order valence-corrected chi connectivity index (χ4v) is 5.42. The summed E-state index contributed by atoms with van der Waals surface area (Å²) >= 11 is 6.28. The van der Waals surface area contributed by atoms with Gasteiger partial charge in [0.15, 0.2) is 0 Å². The van der Waals surface area contributed by atoms with Crippen molar-refractivity contribution >= 4 is 23.3 Å². The minimum Gasteiger partial charge on any atom is -0.307 e. The van der Waals surface area contributed by atoms with E-state index in [-0.39, 0.29) is 12.1 Å². The predicted octanol–water partition coefficient (Wildman–Crippen LogP) is 7.32. The lowest BCUT2D eigenvalue weighted by atomic mass is 10.0. The van der Waals surface area contributed by atoms with E-state index in [1.165, 1.54) is 0 Å². The highest BCUT2D eigenvalue weighted by Crippen LogP contribution is 2.39. The number of nitrogens with one attached hydrogen (secondary N) is 1. The number of fused-ring (bicyclic) bond motifs is 3. The number of benzene rings is 3. The fourth-order valence-electron chi connectivity index (χ4n) is 5.25. The van der Waals surface area contributed by atoms with Crippen LogP contribution in [0.4, 0.5) is 10.5 Å². The van der Waals surface area contributed by atoms with E-state index in [0.29, 0.717) is 17.3 Å². The van der Waals surface area contributed by atoms with Crippen LogP contribution in [0.2, 0.25) is 5.02 Å². The van der Waals surface area contributed by atoms with Crippen LogP contribution in [0.3, 0.4) is 0 Å². The molecule has 1 N–H and O–H groups in total. The minimum absolute atomic E-state index is 0.195. The molecule has 1 unspecified atom stereocenters. The topological polar surface area (TPSA) is 55.1 Å². The fraction of sp³-hybridized carbons (Fsp3) is 0.161. The van der Waals surface area contributed by atoms with Crippen LogP contribution in [0.15, 0.2) is 97.2 Å². The molecule has 6 rings (SSSR count). The normalized spacial score (nSPS) is 14.5. The molecular formula is C31H28ClN5O. The summed E-state index contributed by atoms with van der Waals surface area (Å²) in [5.74, 6) is 0.961. The summed E-state index contributed by atoms with van der Waals surface area (Å²) in [4.78, 5) is 16.0. The van der Waals surface area contributed by atoms with Crippen molar-refractivity contribution in [3.8, 4) is 11.5 Å². The first-order chi connectivity index (χ1) is 18.5. The number of aromatic nitrogens is 3. The molecule has 38 heavy (non-hydrogen) atoms. The van der Waals surface area contributed by atoms with Crippen LogP contribution >= 0.6 is 11.6 Å². The monoisotopic (exact) mass is 521 g/mol. The van der Waals surface area contributed by atoms with Crippen molar-refractivity contribution in [2.45, 2.75) is 32.9 Å². The van der Waals surface area contributed by atoms with Crippen LogP contribution in [0.5, 0.6) is 0 Å². The van der Waals surface area contributed by atoms with Gasteiger partial charge in [-0.05, 0) is 60.9 Å². The lowest BCUT2D eigenvalue weighted by Gasteiger charge is -2.31. The van der Waals surface area contributed by atoms with Gasteiger partial charge in [0.2, 0.25) is 0 Å². The molecular weight excluding hydrogens is 494 g/mol. The highest BCUT2D eigenvalue weighted by molar-refractivity contribution is 6.31. The van der Waals surface area contributed by atoms with E-state index < -0.39 is 0 Å². The standard InChI is InChI=1S/C31H28ClN5O/c1-3-26-25-20-36(31(38)33-27-19-23(32)17-16-21(27)2)29(22-11-6-4-7-12-22)28-15-10-18-35(28)30(25)37(34-26)24-13-8-5-9-14-24/h4-19,29H,3,20H2,1-2H3,(H,33,38). The van der Waals surface area contributed by atoms with Crippen molar-refractivity contribution in [1.82, 2.24) is 19.2 Å². The van der Waals surface area contributed by atoms with E-state index in [2.05, 4.69) is 53.3 Å². The number of amides is 2. The Morgan fingerprint density at radius 2 is 1.74 bits per heavy atom. The lowest BCUT2D eigenvalue weighted by Crippen LogP contribution is -2.38. The number of halogens is 1. The molecule has 0 bridgehead atoms. The third kappa shape index (κ3) is 4.17. The smallest absolute Gasteiger partial charge is 0.307 e. The maximum Gasteiger partial charge on any atom is 0.322 e. The van der Waals surface area contributed by atoms with E-state index >= 15 is 0 Å². The van der Waals surface area contributed by atoms with Crippen LogP contribution in [0.25, 0.3) is 11.5 Å². The third-order valence-electron chi connectivity index (χ3n) is 7.12. The van der Waals surface area contributed by atoms with E-state index in [1.807, 2.05) is 71.1 Å². The molecule has 0 fully saturated rings. The number of carbonyl (C=O) groups is 1. The largest absolute Gasteiger partial charge is 0.322 e. The summed E-state index contributed by atoms with van der Waals surface area (Å²) in [6.07, 6.45) is 2.81. The molecule has 1 aliphatic heterocycles. The Hall–Kier alpha value is -4.29. The summed E-state index contributed by atoms with van der Waals surface area (Å²) in [7, 11) is 0. The summed E-state index contributed by atoms with van der Waals surface area (Å²) in [5.41, 5.74) is 6.65. The maximum absolute atomic E-state index is 14.1. The Kier molecular flexibility index (Phi) is 6.26. The molecule has 190 valence electrons. The van der Waals surface area contributed by atoms with Gasteiger partial charge in [0, 0.05) is 22.5 Å². The molecule has 2 aromatic heterocycles. The van der Waals surface area contributed by atoms with Crippen LogP contribution in [0, 0.1) is 6.92 Å². The lowest BCUT2D eigenvalue weighted by molar-refractivity contribution is 0.194. The van der Waals surface area contributed by atoms with Crippen molar-refractivity contribution in [1.29, 1.82) is 0 Å². The van der Waals surface area contributed by atoms with Gasteiger partial charge in [0.25, 0.3) is 0 Å². The van der Waals surface area contributed by atoms with Gasteiger partial charge in [-0.15, -0.1) is 0 Å². The first-order valence-corrected chi connectivity index (χ1v) is 13.2. The molecule has 1 aliphatic rings. The van der Waals surface area contributed by atoms with E-state index in [1.54, 1.807) is 6.07 Å². The SMILES string of the molecule is CCc1nn(-c2ccccc2)c2c1CN(C(=O)Nc1cc(Cl)ccc1C)C(c1ccccc1)c1cccn1-2. The van der Waals surface area contributed by atoms with Gasteiger partial charge in [-0.1, -0.05) is 73.1 Å². The first kappa shape index (κ1) is 24.1. The zero-order valence-corrected chi connectivity index (χ0v) is 22.1. The average Bonchev–Trinajstić information content (AvgIpc) is 3.52. The zero-order valence-electron chi connectivity index (χ0n) is 21.3. The van der Waals surface area contributed by atoms with Gasteiger partial charge in [-0.25, -0.2) is 9.48 Å². The third-order valence-corrected chi connectivity index (χ3v) is 7.36. The highest BCUT2D eigenvalue weighted by Gasteiger charge is 2.36. The molecule has 2 amide bonds.